The van der Waals surface area contributed by atoms with Crippen LogP contribution in [0.5, 0.6) is 0 Å². The molecule has 0 spiro atoms. The van der Waals surface area contributed by atoms with Crippen LogP contribution >= 0.6 is 24.8 Å². The minimum atomic E-state index is 0. The molecule has 3 heteroatoms. The van der Waals surface area contributed by atoms with Crippen molar-refractivity contribution in [2.75, 3.05) is 0 Å². The third-order valence-electron chi connectivity index (χ3n) is 7.13. The van der Waals surface area contributed by atoms with E-state index in [1.807, 2.05) is 11.3 Å². The number of fused-ring (bicyclic) bond motifs is 7. The van der Waals surface area contributed by atoms with Gasteiger partial charge >= 0.3 is 0 Å². The lowest BCUT2D eigenvalue weighted by Crippen LogP contribution is -2.10. The van der Waals surface area contributed by atoms with E-state index in [0.29, 0.717) is 5.92 Å². The molecular formula is C29H24OS2. The van der Waals surface area contributed by atoms with Crippen LogP contribution in [0.2, 0.25) is 0 Å². The maximum Gasteiger partial charge on any atom is 0.136 e. The van der Waals surface area contributed by atoms with Crippen LogP contribution in [0.3, 0.4) is 0 Å². The summed E-state index contributed by atoms with van der Waals surface area (Å²) in [6.07, 6.45) is 3.95. The van der Waals surface area contributed by atoms with Crippen molar-refractivity contribution in [3.05, 3.63) is 83.9 Å². The molecular weight excluding hydrogens is 428 g/mol. The molecule has 1 fully saturated rings. The molecule has 0 amide bonds. The molecule has 7 rings (SSSR count). The smallest absolute Gasteiger partial charge is 0.136 e. The molecule has 158 valence electrons. The second-order valence-electron chi connectivity index (χ2n) is 8.86. The van der Waals surface area contributed by atoms with Crippen molar-refractivity contribution < 1.29 is 4.42 Å². The van der Waals surface area contributed by atoms with E-state index in [1.165, 1.54) is 72.5 Å². The van der Waals surface area contributed by atoms with Gasteiger partial charge in [0.2, 0.25) is 0 Å². The molecule has 1 aliphatic rings. The highest BCUT2D eigenvalue weighted by Gasteiger charge is 2.26. The van der Waals surface area contributed by atoms with Gasteiger partial charge in [-0.25, -0.2) is 0 Å². The van der Waals surface area contributed by atoms with Gasteiger partial charge < -0.3 is 4.42 Å². The summed E-state index contributed by atoms with van der Waals surface area (Å²) in [5, 5.41) is 5.25. The van der Waals surface area contributed by atoms with E-state index in [-0.39, 0.29) is 13.5 Å². The second kappa shape index (κ2) is 7.40. The first-order valence-electron chi connectivity index (χ1n) is 11.1. The molecule has 1 saturated carbocycles. The maximum absolute atomic E-state index is 6.26. The van der Waals surface area contributed by atoms with Gasteiger partial charge in [-0.1, -0.05) is 55.0 Å². The summed E-state index contributed by atoms with van der Waals surface area (Å²) < 4.78 is 8.97. The second-order valence-corrected chi connectivity index (χ2v) is 9.94. The maximum atomic E-state index is 6.26. The van der Waals surface area contributed by atoms with Crippen LogP contribution in [0.25, 0.3) is 53.2 Å². The Morgan fingerprint density at radius 2 is 1.50 bits per heavy atom. The number of furan rings is 1. The van der Waals surface area contributed by atoms with Gasteiger partial charge in [-0.05, 0) is 72.2 Å². The lowest BCUT2D eigenvalue weighted by atomic mass is 9.76. The topological polar surface area (TPSA) is 13.1 Å². The number of thiophene rings is 1. The molecule has 0 atom stereocenters. The Labute approximate surface area is 198 Å². The zero-order valence-electron chi connectivity index (χ0n) is 17.9. The Balaban J connectivity index is 0.00000196. The molecule has 32 heavy (non-hydrogen) atoms. The summed E-state index contributed by atoms with van der Waals surface area (Å²) in [4.78, 5) is 0. The van der Waals surface area contributed by atoms with E-state index in [2.05, 4.69) is 79.7 Å². The molecule has 0 unspecified atom stereocenters. The van der Waals surface area contributed by atoms with Crippen molar-refractivity contribution in [2.45, 2.75) is 32.1 Å². The summed E-state index contributed by atoms with van der Waals surface area (Å²) >= 11 is 1.91. The van der Waals surface area contributed by atoms with Gasteiger partial charge in [-0.3, -0.25) is 0 Å². The minimum Gasteiger partial charge on any atom is -0.456 e. The van der Waals surface area contributed by atoms with Gasteiger partial charge in [-0.2, -0.15) is 13.5 Å². The fraction of sp³-hybridized carbons (Fsp3) is 0.172. The summed E-state index contributed by atoms with van der Waals surface area (Å²) in [6, 6.07) is 26.5. The number of aryl methyl sites for hydroxylation is 1. The highest BCUT2D eigenvalue weighted by Crippen LogP contribution is 2.50. The molecule has 0 radical (unpaired) electrons. The quantitative estimate of drug-likeness (QED) is 0.255. The van der Waals surface area contributed by atoms with Crippen LogP contribution in [0, 0.1) is 6.92 Å². The van der Waals surface area contributed by atoms with Gasteiger partial charge in [-0.15, -0.1) is 11.3 Å². The third kappa shape index (κ3) is 2.71. The Bertz CT molecular complexity index is 1630. The molecule has 2 heterocycles. The molecule has 4 aromatic carbocycles. The van der Waals surface area contributed by atoms with Crippen LogP contribution in [0.1, 0.15) is 36.3 Å². The Morgan fingerprint density at radius 3 is 2.31 bits per heavy atom. The van der Waals surface area contributed by atoms with E-state index in [4.69, 9.17) is 4.42 Å². The van der Waals surface area contributed by atoms with E-state index in [1.54, 1.807) is 0 Å². The number of hydrogen-bond acceptors (Lipinski definition) is 2. The standard InChI is InChI=1S/C29H22OS.H2S/c1-17-7-2-3-10-19(17)26-20(18-8-6-9-18)13-15-24-28(26)29-25(31-24)16-14-23-27(29)21-11-4-5-12-22(21)30-23;/h2-5,7,10-16,18H,6,8-9H2,1H3;1H2. The predicted octanol–water partition coefficient (Wildman–Crippen LogP) is 9.31. The average molecular weight is 453 g/mol. The first-order valence-corrected chi connectivity index (χ1v) is 12.0. The monoisotopic (exact) mass is 452 g/mol. The number of rotatable bonds is 2. The molecule has 0 N–H and O–H groups in total. The van der Waals surface area contributed by atoms with Crippen LogP contribution in [-0.2, 0) is 0 Å². The highest BCUT2D eigenvalue weighted by atomic mass is 32.1. The van der Waals surface area contributed by atoms with E-state index in [9.17, 15) is 0 Å². The third-order valence-corrected chi connectivity index (χ3v) is 8.25. The van der Waals surface area contributed by atoms with Gasteiger partial charge in [0.25, 0.3) is 0 Å². The SMILES string of the molecule is Cc1ccccc1-c1c(C2CCC2)ccc2sc3ccc4oc5ccccc5c4c3c12.S. The van der Waals surface area contributed by atoms with Gasteiger partial charge in [0.05, 0.1) is 0 Å². The summed E-state index contributed by atoms with van der Waals surface area (Å²) in [5.74, 6) is 0.675. The Kier molecular flexibility index (Phi) is 4.60. The summed E-state index contributed by atoms with van der Waals surface area (Å²) in [7, 11) is 0. The van der Waals surface area contributed by atoms with Crippen molar-refractivity contribution in [3.63, 3.8) is 0 Å². The lowest BCUT2D eigenvalue weighted by Gasteiger charge is -2.29. The summed E-state index contributed by atoms with van der Waals surface area (Å²) in [6.45, 7) is 2.25. The number of para-hydroxylation sites is 1. The van der Waals surface area contributed by atoms with Gasteiger partial charge in [0.1, 0.15) is 11.2 Å². The molecule has 2 aromatic heterocycles. The zero-order valence-corrected chi connectivity index (χ0v) is 19.8. The van der Waals surface area contributed by atoms with Crippen molar-refractivity contribution in [3.8, 4) is 11.1 Å². The molecule has 1 nitrogen and oxygen atoms in total. The van der Waals surface area contributed by atoms with Crippen LogP contribution in [0.4, 0.5) is 0 Å². The van der Waals surface area contributed by atoms with Gasteiger partial charge in [0, 0.05) is 30.9 Å². The van der Waals surface area contributed by atoms with E-state index in [0.717, 1.165) is 11.2 Å². The molecule has 0 saturated heterocycles. The zero-order chi connectivity index (χ0) is 20.5. The molecule has 6 aromatic rings. The lowest BCUT2D eigenvalue weighted by molar-refractivity contribution is 0.421. The van der Waals surface area contributed by atoms with Crippen molar-refractivity contribution in [2.24, 2.45) is 0 Å². The van der Waals surface area contributed by atoms with Crippen molar-refractivity contribution >= 4 is 66.9 Å². The Hall–Kier alpha value is -2.75. The largest absolute Gasteiger partial charge is 0.456 e. The fourth-order valence-corrected chi connectivity index (χ4v) is 6.51. The van der Waals surface area contributed by atoms with Crippen molar-refractivity contribution in [1.29, 1.82) is 0 Å². The normalized spacial score (nSPS) is 14.3. The first-order chi connectivity index (χ1) is 15.3. The highest BCUT2D eigenvalue weighted by molar-refractivity contribution is 7.59. The summed E-state index contributed by atoms with van der Waals surface area (Å²) in [5.41, 5.74) is 7.65. The predicted molar refractivity (Wildman–Crippen MR) is 144 cm³/mol. The van der Waals surface area contributed by atoms with Gasteiger partial charge in [0.15, 0.2) is 0 Å². The average Bonchev–Trinajstić information content (AvgIpc) is 3.31. The number of hydrogen-bond donors (Lipinski definition) is 0. The first kappa shape index (κ1) is 19.9. The van der Waals surface area contributed by atoms with Crippen molar-refractivity contribution in [1.82, 2.24) is 0 Å². The molecule has 0 bridgehead atoms. The molecule has 0 aliphatic heterocycles. The molecule has 1 aliphatic carbocycles. The Morgan fingerprint density at radius 1 is 0.750 bits per heavy atom. The van der Waals surface area contributed by atoms with Crippen LogP contribution in [-0.4, -0.2) is 0 Å². The van der Waals surface area contributed by atoms with Crippen LogP contribution in [0.15, 0.2) is 77.2 Å². The van der Waals surface area contributed by atoms with E-state index >= 15 is 0 Å². The van der Waals surface area contributed by atoms with E-state index < -0.39 is 0 Å². The number of benzene rings is 4. The fourth-order valence-electron chi connectivity index (χ4n) is 5.39. The minimum absolute atomic E-state index is 0. The van der Waals surface area contributed by atoms with Crippen LogP contribution < -0.4 is 0 Å².